The van der Waals surface area contributed by atoms with E-state index < -0.39 is 0 Å². The Balaban J connectivity index is 2.32. The first-order valence-corrected chi connectivity index (χ1v) is 5.99. The van der Waals surface area contributed by atoms with Gasteiger partial charge in [0.15, 0.2) is 0 Å². The van der Waals surface area contributed by atoms with Gasteiger partial charge in [0.1, 0.15) is 0 Å². The summed E-state index contributed by atoms with van der Waals surface area (Å²) in [5, 5.41) is 3.28. The van der Waals surface area contributed by atoms with E-state index in [2.05, 4.69) is 37.4 Å². The molecule has 2 rings (SSSR count). The lowest BCUT2D eigenvalue weighted by atomic mass is 9.85. The number of ether oxygens (including phenoxy) is 1. The molecule has 0 saturated carbocycles. The normalized spacial score (nSPS) is 23.7. The molecule has 0 unspecified atom stereocenters. The Morgan fingerprint density at radius 2 is 2.12 bits per heavy atom. The summed E-state index contributed by atoms with van der Waals surface area (Å²) in [6.45, 7) is 5.74. The van der Waals surface area contributed by atoms with Crippen molar-refractivity contribution in [2.24, 2.45) is 5.92 Å². The summed E-state index contributed by atoms with van der Waals surface area (Å²) < 4.78 is 4.88. The standard InChI is InChI=1S/C14H19NO2/c1-9-4-5-10(2)11(6-9)12-7-15-8-13(12)14(16)17-3/h4-6,12-13,15H,7-8H2,1-3H3/t12-,13+/m0/s1. The third-order valence-electron chi connectivity index (χ3n) is 3.55. The fraction of sp³-hybridized carbons (Fsp3) is 0.500. The Kier molecular flexibility index (Phi) is 3.48. The molecule has 3 nitrogen and oxygen atoms in total. The number of hydrogen-bond acceptors (Lipinski definition) is 3. The number of esters is 1. The second-order valence-corrected chi connectivity index (χ2v) is 4.75. The first-order chi connectivity index (χ1) is 8.13. The van der Waals surface area contributed by atoms with Crippen LogP contribution in [0.15, 0.2) is 18.2 Å². The maximum absolute atomic E-state index is 11.7. The van der Waals surface area contributed by atoms with Crippen LogP contribution in [-0.4, -0.2) is 26.2 Å². The zero-order valence-corrected chi connectivity index (χ0v) is 10.6. The average Bonchev–Trinajstić information content (AvgIpc) is 2.80. The van der Waals surface area contributed by atoms with E-state index in [0.717, 1.165) is 6.54 Å². The lowest BCUT2D eigenvalue weighted by Gasteiger charge is -2.19. The highest BCUT2D eigenvalue weighted by atomic mass is 16.5. The number of rotatable bonds is 2. The monoisotopic (exact) mass is 233 g/mol. The van der Waals surface area contributed by atoms with E-state index in [9.17, 15) is 4.79 Å². The molecule has 1 aromatic carbocycles. The van der Waals surface area contributed by atoms with Crippen LogP contribution in [0, 0.1) is 19.8 Å². The number of carbonyl (C=O) groups is 1. The number of nitrogens with one attached hydrogen (secondary N) is 1. The smallest absolute Gasteiger partial charge is 0.310 e. The molecule has 1 aromatic rings. The van der Waals surface area contributed by atoms with Crippen molar-refractivity contribution in [3.63, 3.8) is 0 Å². The minimum Gasteiger partial charge on any atom is -0.469 e. The molecule has 0 bridgehead atoms. The number of aryl methyl sites for hydroxylation is 2. The molecular formula is C14H19NO2. The van der Waals surface area contributed by atoms with Gasteiger partial charge in [-0.05, 0) is 25.0 Å². The highest BCUT2D eigenvalue weighted by Gasteiger charge is 2.35. The Bertz CT molecular complexity index is 428. The van der Waals surface area contributed by atoms with Crippen LogP contribution in [0.25, 0.3) is 0 Å². The van der Waals surface area contributed by atoms with Crippen molar-refractivity contribution >= 4 is 5.97 Å². The van der Waals surface area contributed by atoms with E-state index in [0.29, 0.717) is 6.54 Å². The minimum atomic E-state index is -0.110. The van der Waals surface area contributed by atoms with Crippen LogP contribution in [-0.2, 0) is 9.53 Å². The van der Waals surface area contributed by atoms with E-state index >= 15 is 0 Å². The lowest BCUT2D eigenvalue weighted by Crippen LogP contribution is -2.23. The van der Waals surface area contributed by atoms with Gasteiger partial charge in [-0.1, -0.05) is 23.8 Å². The predicted molar refractivity (Wildman–Crippen MR) is 67.0 cm³/mol. The van der Waals surface area contributed by atoms with Gasteiger partial charge < -0.3 is 10.1 Å². The maximum Gasteiger partial charge on any atom is 0.310 e. The topological polar surface area (TPSA) is 38.3 Å². The van der Waals surface area contributed by atoms with Gasteiger partial charge in [0.25, 0.3) is 0 Å². The fourth-order valence-electron chi connectivity index (χ4n) is 2.56. The lowest BCUT2D eigenvalue weighted by molar-refractivity contribution is -0.145. The highest BCUT2D eigenvalue weighted by Crippen LogP contribution is 2.31. The van der Waals surface area contributed by atoms with Gasteiger partial charge >= 0.3 is 5.97 Å². The highest BCUT2D eigenvalue weighted by molar-refractivity contribution is 5.74. The molecule has 1 aliphatic heterocycles. The first-order valence-electron chi connectivity index (χ1n) is 5.99. The summed E-state index contributed by atoms with van der Waals surface area (Å²) in [7, 11) is 1.46. The van der Waals surface area contributed by atoms with Crippen molar-refractivity contribution in [1.29, 1.82) is 0 Å². The first kappa shape index (κ1) is 12.1. The van der Waals surface area contributed by atoms with E-state index in [1.54, 1.807) is 0 Å². The van der Waals surface area contributed by atoms with Crippen molar-refractivity contribution in [2.75, 3.05) is 20.2 Å². The van der Waals surface area contributed by atoms with Crippen molar-refractivity contribution < 1.29 is 9.53 Å². The van der Waals surface area contributed by atoms with Crippen LogP contribution in [0.2, 0.25) is 0 Å². The Morgan fingerprint density at radius 3 is 2.82 bits per heavy atom. The molecular weight excluding hydrogens is 214 g/mol. The number of methoxy groups -OCH3 is 1. The zero-order chi connectivity index (χ0) is 12.4. The molecule has 0 spiro atoms. The van der Waals surface area contributed by atoms with Crippen molar-refractivity contribution in [3.8, 4) is 0 Å². The summed E-state index contributed by atoms with van der Waals surface area (Å²) in [6, 6.07) is 6.41. The summed E-state index contributed by atoms with van der Waals surface area (Å²) in [6.07, 6.45) is 0. The third kappa shape index (κ3) is 2.34. The van der Waals surface area contributed by atoms with Crippen molar-refractivity contribution in [3.05, 3.63) is 34.9 Å². The van der Waals surface area contributed by atoms with Crippen LogP contribution < -0.4 is 5.32 Å². The molecule has 0 radical (unpaired) electrons. The molecule has 1 fully saturated rings. The molecule has 1 N–H and O–H groups in total. The van der Waals surface area contributed by atoms with E-state index in [1.807, 2.05) is 0 Å². The molecule has 0 amide bonds. The minimum absolute atomic E-state index is 0.0551. The van der Waals surface area contributed by atoms with Gasteiger partial charge in [-0.3, -0.25) is 4.79 Å². The number of carbonyl (C=O) groups excluding carboxylic acids is 1. The molecule has 0 aromatic heterocycles. The molecule has 3 heteroatoms. The van der Waals surface area contributed by atoms with Crippen molar-refractivity contribution in [2.45, 2.75) is 19.8 Å². The Morgan fingerprint density at radius 1 is 1.35 bits per heavy atom. The summed E-state index contributed by atoms with van der Waals surface area (Å²) >= 11 is 0. The van der Waals surface area contributed by atoms with Gasteiger partial charge in [-0.15, -0.1) is 0 Å². The Labute approximate surface area is 102 Å². The Hall–Kier alpha value is -1.35. The average molecular weight is 233 g/mol. The van der Waals surface area contributed by atoms with Crippen LogP contribution in [0.5, 0.6) is 0 Å². The van der Waals surface area contributed by atoms with Gasteiger partial charge in [0, 0.05) is 19.0 Å². The van der Waals surface area contributed by atoms with Gasteiger partial charge in [-0.25, -0.2) is 0 Å². The molecule has 1 aliphatic rings. The van der Waals surface area contributed by atoms with Gasteiger partial charge in [0.05, 0.1) is 13.0 Å². The molecule has 1 heterocycles. The van der Waals surface area contributed by atoms with Crippen LogP contribution in [0.4, 0.5) is 0 Å². The fourth-order valence-corrected chi connectivity index (χ4v) is 2.56. The summed E-state index contributed by atoms with van der Waals surface area (Å²) in [5.74, 6) is 0.0729. The largest absolute Gasteiger partial charge is 0.469 e. The summed E-state index contributed by atoms with van der Waals surface area (Å²) in [5.41, 5.74) is 3.75. The SMILES string of the molecule is COC(=O)[C@@H]1CNC[C@H]1c1cc(C)ccc1C. The van der Waals surface area contributed by atoms with Gasteiger partial charge in [0.2, 0.25) is 0 Å². The van der Waals surface area contributed by atoms with E-state index in [-0.39, 0.29) is 17.8 Å². The third-order valence-corrected chi connectivity index (χ3v) is 3.55. The van der Waals surface area contributed by atoms with Crippen LogP contribution >= 0.6 is 0 Å². The van der Waals surface area contributed by atoms with Crippen LogP contribution in [0.3, 0.4) is 0 Å². The molecule has 1 saturated heterocycles. The van der Waals surface area contributed by atoms with E-state index in [4.69, 9.17) is 4.74 Å². The molecule has 0 aliphatic carbocycles. The number of hydrogen-bond donors (Lipinski definition) is 1. The number of benzene rings is 1. The quantitative estimate of drug-likeness (QED) is 0.791. The zero-order valence-electron chi connectivity index (χ0n) is 10.6. The second kappa shape index (κ2) is 4.88. The molecule has 2 atom stereocenters. The summed E-state index contributed by atoms with van der Waals surface area (Å²) in [4.78, 5) is 11.7. The molecule has 92 valence electrons. The van der Waals surface area contributed by atoms with Crippen LogP contribution in [0.1, 0.15) is 22.6 Å². The van der Waals surface area contributed by atoms with Gasteiger partial charge in [-0.2, -0.15) is 0 Å². The second-order valence-electron chi connectivity index (χ2n) is 4.75. The maximum atomic E-state index is 11.7. The van der Waals surface area contributed by atoms with Crippen molar-refractivity contribution in [1.82, 2.24) is 5.32 Å². The van der Waals surface area contributed by atoms with E-state index in [1.165, 1.54) is 23.8 Å². The molecule has 17 heavy (non-hydrogen) atoms. The predicted octanol–water partition coefficient (Wildman–Crippen LogP) is 1.78.